The third kappa shape index (κ3) is 7.82. The van der Waals surface area contributed by atoms with E-state index in [0.29, 0.717) is 12.1 Å². The van der Waals surface area contributed by atoms with Gasteiger partial charge in [0.2, 0.25) is 21.8 Å². The molecule has 0 aliphatic rings. The van der Waals surface area contributed by atoms with E-state index in [1.54, 1.807) is 0 Å². The highest BCUT2D eigenvalue weighted by molar-refractivity contribution is 7.92. The fourth-order valence-corrected chi connectivity index (χ4v) is 5.00. The Labute approximate surface area is 210 Å². The van der Waals surface area contributed by atoms with E-state index in [2.05, 4.69) is 5.32 Å². The lowest BCUT2D eigenvalue weighted by atomic mass is 10.0. The molecule has 8 heteroatoms. The number of hydrogen-bond donors (Lipinski definition) is 1. The molecular weight excluding hydrogens is 462 g/mol. The van der Waals surface area contributed by atoms with Gasteiger partial charge in [0.25, 0.3) is 0 Å². The highest BCUT2D eigenvalue weighted by Crippen LogP contribution is 2.27. The summed E-state index contributed by atoms with van der Waals surface area (Å²) in [4.78, 5) is 28.5. The topological polar surface area (TPSA) is 86.8 Å². The number of amides is 2. The van der Waals surface area contributed by atoms with Gasteiger partial charge in [-0.3, -0.25) is 13.9 Å². The van der Waals surface area contributed by atoms with Gasteiger partial charge in [0, 0.05) is 12.1 Å². The molecule has 0 fully saturated rings. The number of nitrogens with one attached hydrogen (secondary N) is 1. The van der Waals surface area contributed by atoms with Crippen LogP contribution < -0.4 is 9.62 Å². The van der Waals surface area contributed by atoms with Gasteiger partial charge in [-0.2, -0.15) is 0 Å². The molecule has 2 amide bonds. The minimum absolute atomic E-state index is 0.194. The number of para-hydroxylation sites is 1. The Kier molecular flexibility index (Phi) is 9.11. The second-order valence-electron chi connectivity index (χ2n) is 10.2. The summed E-state index contributed by atoms with van der Waals surface area (Å²) in [6.07, 6.45) is 1.49. The summed E-state index contributed by atoms with van der Waals surface area (Å²) >= 11 is 0. The zero-order valence-corrected chi connectivity index (χ0v) is 23.0. The van der Waals surface area contributed by atoms with Gasteiger partial charge in [0.05, 0.1) is 11.9 Å². The SMILES string of the molecule is CC[C@@H](C(=O)NC(C)(C)C)N(Cc1ccc(C)cc1)C(=O)CN(c1c(C)cccc1C)S(C)(=O)=O. The Balaban J connectivity index is 2.51. The first kappa shape index (κ1) is 28.4. The van der Waals surface area contributed by atoms with Crippen LogP contribution in [0.25, 0.3) is 0 Å². The summed E-state index contributed by atoms with van der Waals surface area (Å²) in [5.74, 6) is -0.701. The number of carbonyl (C=O) groups is 2. The number of hydrogen-bond acceptors (Lipinski definition) is 4. The maximum absolute atomic E-state index is 13.8. The Bertz CT molecular complexity index is 1130. The van der Waals surface area contributed by atoms with E-state index in [4.69, 9.17) is 0 Å². The molecule has 0 spiro atoms. The highest BCUT2D eigenvalue weighted by Gasteiger charge is 2.33. The lowest BCUT2D eigenvalue weighted by Gasteiger charge is -2.35. The third-order valence-corrected chi connectivity index (χ3v) is 6.84. The van der Waals surface area contributed by atoms with E-state index in [1.165, 1.54) is 4.90 Å². The minimum atomic E-state index is -3.77. The molecule has 2 aromatic rings. The molecular formula is C27H39N3O4S. The second-order valence-corrected chi connectivity index (χ2v) is 12.1. The minimum Gasteiger partial charge on any atom is -0.350 e. The molecule has 0 heterocycles. The quantitative estimate of drug-likeness (QED) is 0.560. The molecule has 0 radical (unpaired) electrons. The normalized spacial score (nSPS) is 12.7. The van der Waals surface area contributed by atoms with Crippen LogP contribution in [0.2, 0.25) is 0 Å². The molecule has 0 unspecified atom stereocenters. The van der Waals surface area contributed by atoms with Crippen LogP contribution in [0.5, 0.6) is 0 Å². The van der Waals surface area contributed by atoms with Crippen molar-refractivity contribution in [1.82, 2.24) is 10.2 Å². The van der Waals surface area contributed by atoms with Gasteiger partial charge in [-0.15, -0.1) is 0 Å². The summed E-state index contributed by atoms with van der Waals surface area (Å²) < 4.78 is 26.8. The lowest BCUT2D eigenvalue weighted by Crippen LogP contribution is -2.55. The fraction of sp³-hybridized carbons (Fsp3) is 0.481. The number of benzene rings is 2. The van der Waals surface area contributed by atoms with Crippen LogP contribution in [-0.4, -0.2) is 49.5 Å². The van der Waals surface area contributed by atoms with Crippen molar-refractivity contribution >= 4 is 27.5 Å². The predicted octanol–water partition coefficient (Wildman–Crippen LogP) is 4.10. The zero-order valence-electron chi connectivity index (χ0n) is 22.2. The first-order valence-corrected chi connectivity index (χ1v) is 13.7. The van der Waals surface area contributed by atoms with Crippen LogP contribution in [0.1, 0.15) is 56.4 Å². The average Bonchev–Trinajstić information content (AvgIpc) is 2.72. The molecule has 0 saturated carbocycles. The van der Waals surface area contributed by atoms with E-state index in [9.17, 15) is 18.0 Å². The largest absolute Gasteiger partial charge is 0.350 e. The van der Waals surface area contributed by atoms with Crippen LogP contribution in [0.15, 0.2) is 42.5 Å². The monoisotopic (exact) mass is 501 g/mol. The van der Waals surface area contributed by atoms with E-state index in [1.807, 2.05) is 90.9 Å². The molecule has 35 heavy (non-hydrogen) atoms. The summed E-state index contributed by atoms with van der Waals surface area (Å²) in [5, 5.41) is 2.97. The molecule has 0 aliphatic carbocycles. The Morgan fingerprint density at radius 1 is 0.971 bits per heavy atom. The number of nitrogens with zero attached hydrogens (tertiary/aromatic N) is 2. The van der Waals surface area contributed by atoms with Crippen molar-refractivity contribution in [2.24, 2.45) is 0 Å². The predicted molar refractivity (Wildman–Crippen MR) is 142 cm³/mol. The molecule has 0 saturated heterocycles. The number of anilines is 1. The van der Waals surface area contributed by atoms with Crippen LogP contribution in [0.4, 0.5) is 5.69 Å². The van der Waals surface area contributed by atoms with Gasteiger partial charge in [0.1, 0.15) is 12.6 Å². The number of rotatable bonds is 9. The fourth-order valence-electron chi connectivity index (χ4n) is 4.04. The van der Waals surface area contributed by atoms with Crippen molar-refractivity contribution in [3.63, 3.8) is 0 Å². The first-order valence-electron chi connectivity index (χ1n) is 11.8. The highest BCUT2D eigenvalue weighted by atomic mass is 32.2. The maximum Gasteiger partial charge on any atom is 0.244 e. The zero-order chi connectivity index (χ0) is 26.6. The molecule has 1 N–H and O–H groups in total. The van der Waals surface area contributed by atoms with Crippen molar-refractivity contribution in [2.45, 2.75) is 73.0 Å². The molecule has 2 rings (SSSR count). The molecule has 7 nitrogen and oxygen atoms in total. The standard InChI is InChI=1S/C27H39N3O4S/c1-9-23(26(32)28-27(5,6)7)29(17-22-15-13-19(2)14-16-22)24(31)18-30(35(8,33)34)25-20(3)11-10-12-21(25)4/h10-16,23H,9,17-18H2,1-8H3,(H,28,32)/t23-/m0/s1. The van der Waals surface area contributed by atoms with Gasteiger partial charge >= 0.3 is 0 Å². The van der Waals surface area contributed by atoms with Crippen molar-refractivity contribution in [2.75, 3.05) is 17.1 Å². The van der Waals surface area contributed by atoms with Crippen LogP contribution in [0, 0.1) is 20.8 Å². The molecule has 0 aliphatic heterocycles. The summed E-state index contributed by atoms with van der Waals surface area (Å²) in [7, 11) is -3.77. The van der Waals surface area contributed by atoms with Gasteiger partial charge < -0.3 is 10.2 Å². The second kappa shape index (κ2) is 11.2. The number of sulfonamides is 1. The van der Waals surface area contributed by atoms with Gasteiger partial charge in [-0.05, 0) is 64.7 Å². The average molecular weight is 502 g/mol. The molecule has 0 aromatic heterocycles. The van der Waals surface area contributed by atoms with Gasteiger partial charge in [-0.25, -0.2) is 8.42 Å². The van der Waals surface area contributed by atoms with E-state index in [-0.39, 0.29) is 12.5 Å². The lowest BCUT2D eigenvalue weighted by molar-refractivity contribution is -0.141. The number of aryl methyl sites for hydroxylation is 3. The van der Waals surface area contributed by atoms with Gasteiger partial charge in [0.15, 0.2) is 0 Å². The molecule has 1 atom stereocenters. The van der Waals surface area contributed by atoms with E-state index in [0.717, 1.165) is 32.8 Å². The summed E-state index contributed by atoms with van der Waals surface area (Å²) in [5.41, 5.74) is 3.48. The van der Waals surface area contributed by atoms with Crippen molar-refractivity contribution < 1.29 is 18.0 Å². The number of carbonyl (C=O) groups excluding carboxylic acids is 2. The van der Waals surface area contributed by atoms with Crippen molar-refractivity contribution in [1.29, 1.82) is 0 Å². The molecule has 192 valence electrons. The van der Waals surface area contributed by atoms with Crippen LogP contribution in [-0.2, 0) is 26.2 Å². The van der Waals surface area contributed by atoms with Crippen LogP contribution in [0.3, 0.4) is 0 Å². The van der Waals surface area contributed by atoms with E-state index >= 15 is 0 Å². The third-order valence-electron chi connectivity index (χ3n) is 5.73. The smallest absolute Gasteiger partial charge is 0.244 e. The molecule has 2 aromatic carbocycles. The molecule has 0 bridgehead atoms. The summed E-state index contributed by atoms with van der Waals surface area (Å²) in [6, 6.07) is 12.5. The maximum atomic E-state index is 13.8. The summed E-state index contributed by atoms with van der Waals surface area (Å²) in [6.45, 7) is 12.9. The Hall–Kier alpha value is -2.87. The Morgan fingerprint density at radius 2 is 1.51 bits per heavy atom. The van der Waals surface area contributed by atoms with Crippen molar-refractivity contribution in [3.05, 3.63) is 64.7 Å². The van der Waals surface area contributed by atoms with E-state index < -0.39 is 34.1 Å². The van der Waals surface area contributed by atoms with Crippen LogP contribution >= 0.6 is 0 Å². The first-order chi connectivity index (χ1) is 16.1. The van der Waals surface area contributed by atoms with Crippen molar-refractivity contribution in [3.8, 4) is 0 Å². The van der Waals surface area contributed by atoms with Gasteiger partial charge in [-0.1, -0.05) is 55.0 Å². The Morgan fingerprint density at radius 3 is 1.97 bits per heavy atom.